The zero-order valence-electron chi connectivity index (χ0n) is 16.3. The van der Waals surface area contributed by atoms with E-state index in [4.69, 9.17) is 32.7 Å². The van der Waals surface area contributed by atoms with Crippen LogP contribution in [0.15, 0.2) is 64.4 Å². The van der Waals surface area contributed by atoms with Gasteiger partial charge in [0.25, 0.3) is 20.0 Å². The third kappa shape index (κ3) is 4.33. The summed E-state index contributed by atoms with van der Waals surface area (Å²) >= 11 is 11.5. The van der Waals surface area contributed by atoms with Crippen LogP contribution >= 0.6 is 23.2 Å². The summed E-state index contributed by atoms with van der Waals surface area (Å²) in [7, 11) is -9.78. The Morgan fingerprint density at radius 2 is 1.18 bits per heavy atom. The van der Waals surface area contributed by atoms with Gasteiger partial charge < -0.3 is 9.47 Å². The minimum absolute atomic E-state index is 0.114. The molecule has 0 saturated carbocycles. The van der Waals surface area contributed by atoms with E-state index in [2.05, 4.69) is 0 Å². The van der Waals surface area contributed by atoms with Gasteiger partial charge in [-0.15, -0.1) is 0 Å². The lowest BCUT2D eigenvalue weighted by Crippen LogP contribution is -2.37. The lowest BCUT2D eigenvalue weighted by Gasteiger charge is -2.26. The molecule has 0 radical (unpaired) electrons. The molecule has 0 N–H and O–H groups in total. The predicted octanol–water partition coefficient (Wildman–Crippen LogP) is 4.63. The number of hydrogen-bond donors (Lipinski definition) is 0. The number of nitrogens with zero attached hydrogens (tertiary/aromatic N) is 1. The van der Waals surface area contributed by atoms with Crippen LogP contribution in [0.3, 0.4) is 0 Å². The van der Waals surface area contributed by atoms with E-state index in [1.54, 1.807) is 0 Å². The first kappa shape index (κ1) is 23.6. The molecule has 0 spiro atoms. The average Bonchev–Trinajstić information content (AvgIpc) is 2.77. The van der Waals surface area contributed by atoms with Crippen molar-refractivity contribution in [3.05, 3.63) is 76.3 Å². The van der Waals surface area contributed by atoms with Crippen molar-refractivity contribution in [1.82, 2.24) is 0 Å². The topological polar surface area (TPSA) is 90.0 Å². The Morgan fingerprint density at radius 1 is 0.697 bits per heavy atom. The number of hydrogen-bond acceptors (Lipinski definition) is 6. The van der Waals surface area contributed by atoms with Gasteiger partial charge in [0.15, 0.2) is 11.5 Å². The maximum atomic E-state index is 13.6. The molecule has 13 heteroatoms. The van der Waals surface area contributed by atoms with E-state index in [1.807, 2.05) is 0 Å². The Balaban J connectivity index is 1.96. The van der Waals surface area contributed by atoms with Crippen LogP contribution in [0, 0.1) is 11.6 Å². The molecule has 0 fully saturated rings. The first-order chi connectivity index (χ1) is 15.5. The molecule has 0 unspecified atom stereocenters. The standard InChI is InChI=1S/C20H13Cl2F2NO6S2/c21-15-10-13(2-4-17(15)23)32(26,27)25(12-1-6-19-20(9-12)31-8-7-30-19)33(28,29)14-3-5-18(24)16(22)11-14/h1-6,9-11H,7-8H2. The summed E-state index contributed by atoms with van der Waals surface area (Å²) in [5.41, 5.74) is -0.333. The van der Waals surface area contributed by atoms with Gasteiger partial charge in [-0.3, -0.25) is 0 Å². The number of fused-ring (bicyclic) bond motifs is 1. The minimum atomic E-state index is -4.89. The Morgan fingerprint density at radius 3 is 1.67 bits per heavy atom. The first-order valence-corrected chi connectivity index (χ1v) is 12.8. The molecule has 0 bridgehead atoms. The second kappa shape index (κ2) is 8.64. The summed E-state index contributed by atoms with van der Waals surface area (Å²) in [6.07, 6.45) is 0. The number of ether oxygens (including phenoxy) is 2. The highest BCUT2D eigenvalue weighted by Gasteiger charge is 2.38. The third-order valence-corrected chi connectivity index (χ3v) is 9.30. The molecule has 4 rings (SSSR count). The number of rotatable bonds is 5. The SMILES string of the molecule is O=S(=O)(c1ccc(F)c(Cl)c1)N(c1ccc2c(c1)OCCO2)S(=O)(=O)c1ccc(F)c(Cl)c1. The van der Waals surface area contributed by atoms with Crippen molar-refractivity contribution in [1.29, 1.82) is 0 Å². The van der Waals surface area contributed by atoms with Crippen molar-refractivity contribution >= 4 is 48.9 Å². The fourth-order valence-corrected chi connectivity index (χ4v) is 7.24. The number of anilines is 1. The Hall–Kier alpha value is -2.60. The molecule has 7 nitrogen and oxygen atoms in total. The highest BCUT2D eigenvalue weighted by molar-refractivity contribution is 8.10. The molecule has 174 valence electrons. The quantitative estimate of drug-likeness (QED) is 0.473. The highest BCUT2D eigenvalue weighted by atomic mass is 35.5. The van der Waals surface area contributed by atoms with E-state index >= 15 is 0 Å². The summed E-state index contributed by atoms with van der Waals surface area (Å²) in [5.74, 6) is -1.39. The van der Waals surface area contributed by atoms with Crippen molar-refractivity contribution in [2.45, 2.75) is 9.79 Å². The van der Waals surface area contributed by atoms with Gasteiger partial charge in [0, 0.05) is 6.07 Å². The van der Waals surface area contributed by atoms with E-state index in [9.17, 15) is 25.6 Å². The van der Waals surface area contributed by atoms with Crippen LogP contribution in [-0.2, 0) is 20.0 Å². The highest BCUT2D eigenvalue weighted by Crippen LogP contribution is 2.39. The number of benzene rings is 3. The number of halogens is 4. The predicted molar refractivity (Wildman–Crippen MR) is 117 cm³/mol. The molecule has 0 aromatic heterocycles. The Kier molecular flexibility index (Phi) is 6.16. The van der Waals surface area contributed by atoms with Gasteiger partial charge in [0.2, 0.25) is 0 Å². The van der Waals surface area contributed by atoms with Crippen LogP contribution in [0.25, 0.3) is 0 Å². The van der Waals surface area contributed by atoms with Crippen LogP contribution in [0.2, 0.25) is 10.0 Å². The molecular weight excluding hydrogens is 523 g/mol. The van der Waals surface area contributed by atoms with E-state index in [0.717, 1.165) is 36.4 Å². The minimum Gasteiger partial charge on any atom is -0.486 e. The zero-order valence-corrected chi connectivity index (χ0v) is 19.5. The van der Waals surface area contributed by atoms with Gasteiger partial charge >= 0.3 is 0 Å². The third-order valence-electron chi connectivity index (χ3n) is 4.55. The summed E-state index contributed by atoms with van der Waals surface area (Å²) in [4.78, 5) is -1.19. The smallest absolute Gasteiger partial charge is 0.277 e. The van der Waals surface area contributed by atoms with Gasteiger partial charge in [0.1, 0.15) is 24.8 Å². The van der Waals surface area contributed by atoms with E-state index in [-0.39, 0.29) is 34.1 Å². The zero-order chi connectivity index (χ0) is 24.0. The van der Waals surface area contributed by atoms with Gasteiger partial charge in [-0.1, -0.05) is 23.2 Å². The average molecular weight is 536 g/mol. The van der Waals surface area contributed by atoms with Gasteiger partial charge in [-0.05, 0) is 48.5 Å². The van der Waals surface area contributed by atoms with Crippen molar-refractivity contribution in [3.8, 4) is 11.5 Å². The largest absolute Gasteiger partial charge is 0.486 e. The van der Waals surface area contributed by atoms with Gasteiger partial charge in [-0.2, -0.15) is 3.71 Å². The molecule has 0 saturated heterocycles. The van der Waals surface area contributed by atoms with E-state index in [1.165, 1.54) is 18.2 Å². The monoisotopic (exact) mass is 535 g/mol. The van der Waals surface area contributed by atoms with Crippen LogP contribution in [0.4, 0.5) is 14.5 Å². The summed E-state index contributed by atoms with van der Waals surface area (Å²) in [6.45, 7) is 0.423. The molecule has 1 heterocycles. The second-order valence-corrected chi connectivity index (χ2v) is 11.3. The summed E-state index contributed by atoms with van der Waals surface area (Å²) in [6, 6.07) is 8.59. The Labute approximate surface area is 198 Å². The molecule has 1 aliphatic heterocycles. The maximum absolute atomic E-state index is 13.6. The summed E-state index contributed by atoms with van der Waals surface area (Å²) < 4.78 is 92.3. The second-order valence-electron chi connectivity index (χ2n) is 6.69. The fourth-order valence-electron chi connectivity index (χ4n) is 3.02. The lowest BCUT2D eigenvalue weighted by atomic mass is 10.3. The van der Waals surface area contributed by atoms with E-state index < -0.39 is 51.5 Å². The van der Waals surface area contributed by atoms with Crippen molar-refractivity contribution in [2.24, 2.45) is 0 Å². The molecule has 3 aromatic rings. The van der Waals surface area contributed by atoms with Gasteiger partial charge in [-0.25, -0.2) is 25.6 Å². The number of sulfonamides is 2. The Bertz CT molecular complexity index is 1380. The first-order valence-electron chi connectivity index (χ1n) is 9.12. The molecule has 0 aliphatic carbocycles. The van der Waals surface area contributed by atoms with Crippen molar-refractivity contribution < 1.29 is 35.1 Å². The molecule has 3 aromatic carbocycles. The molecule has 0 atom stereocenters. The maximum Gasteiger partial charge on any atom is 0.277 e. The van der Waals surface area contributed by atoms with Crippen LogP contribution < -0.4 is 13.2 Å². The fraction of sp³-hybridized carbons (Fsp3) is 0.100. The van der Waals surface area contributed by atoms with Gasteiger partial charge in [0.05, 0.1) is 25.5 Å². The normalized spacial score (nSPS) is 13.6. The van der Waals surface area contributed by atoms with Crippen LogP contribution in [0.5, 0.6) is 11.5 Å². The molecular formula is C20H13Cl2F2NO6S2. The van der Waals surface area contributed by atoms with Crippen LogP contribution in [-0.4, -0.2) is 30.0 Å². The van der Waals surface area contributed by atoms with Crippen molar-refractivity contribution in [2.75, 3.05) is 16.9 Å². The van der Waals surface area contributed by atoms with Crippen molar-refractivity contribution in [3.63, 3.8) is 0 Å². The van der Waals surface area contributed by atoms with Crippen LogP contribution in [0.1, 0.15) is 0 Å². The molecule has 0 amide bonds. The summed E-state index contributed by atoms with van der Waals surface area (Å²) in [5, 5.41) is -1.05. The molecule has 1 aliphatic rings. The molecule has 33 heavy (non-hydrogen) atoms. The lowest BCUT2D eigenvalue weighted by molar-refractivity contribution is 0.171. The van der Waals surface area contributed by atoms with E-state index in [0.29, 0.717) is 0 Å².